The van der Waals surface area contributed by atoms with Crippen molar-refractivity contribution in [3.05, 3.63) is 83.8 Å². The van der Waals surface area contributed by atoms with Gasteiger partial charge < -0.3 is 9.73 Å². The maximum atomic E-state index is 13.2. The molecule has 1 aliphatic rings. The zero-order chi connectivity index (χ0) is 19.7. The van der Waals surface area contributed by atoms with Gasteiger partial charge in [-0.3, -0.25) is 9.10 Å². The Morgan fingerprint density at radius 3 is 2.71 bits per heavy atom. The van der Waals surface area contributed by atoms with Crippen molar-refractivity contribution < 1.29 is 17.6 Å². The van der Waals surface area contributed by atoms with Crippen LogP contribution in [0.4, 0.5) is 5.69 Å². The maximum absolute atomic E-state index is 13.2. The highest BCUT2D eigenvalue weighted by atomic mass is 32.2. The fourth-order valence-corrected chi connectivity index (χ4v) is 4.92. The first kappa shape index (κ1) is 18.3. The van der Waals surface area contributed by atoms with Crippen LogP contribution in [0.15, 0.2) is 76.2 Å². The second-order valence-electron chi connectivity index (χ2n) is 6.69. The lowest BCUT2D eigenvalue weighted by Crippen LogP contribution is -2.30. The third kappa shape index (κ3) is 3.29. The Bertz CT molecular complexity index is 1110. The predicted molar refractivity (Wildman–Crippen MR) is 106 cm³/mol. The Kier molecular flexibility index (Phi) is 4.68. The topological polar surface area (TPSA) is 79.6 Å². The molecule has 3 aromatic rings. The number of nitrogens with one attached hydrogen (secondary N) is 1. The van der Waals surface area contributed by atoms with Gasteiger partial charge in [0.15, 0.2) is 0 Å². The molecule has 4 rings (SSSR count). The van der Waals surface area contributed by atoms with E-state index in [1.165, 1.54) is 16.4 Å². The monoisotopic (exact) mass is 396 g/mol. The van der Waals surface area contributed by atoms with Gasteiger partial charge in [-0.15, -0.1) is 0 Å². The van der Waals surface area contributed by atoms with Gasteiger partial charge in [0.2, 0.25) is 0 Å². The molecule has 1 N–H and O–H groups in total. The van der Waals surface area contributed by atoms with Crippen LogP contribution >= 0.6 is 0 Å². The largest absolute Gasteiger partial charge is 0.467 e. The van der Waals surface area contributed by atoms with Crippen molar-refractivity contribution in [2.75, 3.05) is 10.8 Å². The van der Waals surface area contributed by atoms with E-state index in [0.717, 1.165) is 5.56 Å². The van der Waals surface area contributed by atoms with E-state index in [4.69, 9.17) is 4.42 Å². The van der Waals surface area contributed by atoms with Crippen LogP contribution in [0.3, 0.4) is 0 Å². The van der Waals surface area contributed by atoms with E-state index >= 15 is 0 Å². The number of carbonyl (C=O) groups is 1. The van der Waals surface area contributed by atoms with Crippen molar-refractivity contribution >= 4 is 21.6 Å². The van der Waals surface area contributed by atoms with Crippen LogP contribution in [0, 0.1) is 0 Å². The molecule has 1 atom stereocenters. The molecule has 0 unspecified atom stereocenters. The Morgan fingerprint density at radius 1 is 1.11 bits per heavy atom. The lowest BCUT2D eigenvalue weighted by Gasteiger charge is -2.20. The van der Waals surface area contributed by atoms with Crippen LogP contribution in [0.2, 0.25) is 0 Å². The van der Waals surface area contributed by atoms with Crippen LogP contribution < -0.4 is 9.62 Å². The number of rotatable bonds is 5. The number of carbonyl (C=O) groups excluding carboxylic acids is 1. The molecule has 6 nitrogen and oxygen atoms in total. The maximum Gasteiger partial charge on any atom is 0.264 e. The number of anilines is 1. The number of fused-ring (bicyclic) bond motifs is 1. The fraction of sp³-hybridized carbons (Fsp3) is 0.190. The van der Waals surface area contributed by atoms with Crippen molar-refractivity contribution in [2.24, 2.45) is 0 Å². The van der Waals surface area contributed by atoms with Crippen LogP contribution in [0.1, 0.15) is 34.6 Å². The first-order valence-corrected chi connectivity index (χ1v) is 10.5. The molecule has 1 aliphatic heterocycles. The van der Waals surface area contributed by atoms with Gasteiger partial charge in [-0.05, 0) is 55.3 Å². The van der Waals surface area contributed by atoms with Crippen molar-refractivity contribution in [2.45, 2.75) is 24.3 Å². The molecule has 0 bridgehead atoms. The highest BCUT2D eigenvalue weighted by Gasteiger charge is 2.31. The zero-order valence-electron chi connectivity index (χ0n) is 15.3. The number of benzene rings is 2. The number of para-hydroxylation sites is 1. The molecule has 144 valence electrons. The van der Waals surface area contributed by atoms with E-state index in [-0.39, 0.29) is 22.4 Å². The van der Waals surface area contributed by atoms with Crippen molar-refractivity contribution in [3.8, 4) is 0 Å². The molecule has 1 aromatic heterocycles. The number of amides is 1. The summed E-state index contributed by atoms with van der Waals surface area (Å²) < 4.78 is 33.0. The van der Waals surface area contributed by atoms with Gasteiger partial charge in [-0.1, -0.05) is 24.3 Å². The lowest BCUT2D eigenvalue weighted by atomic mass is 10.2. The summed E-state index contributed by atoms with van der Waals surface area (Å²) in [5, 5.41) is 2.82. The zero-order valence-corrected chi connectivity index (χ0v) is 16.1. The molecule has 1 amide bonds. The molecule has 28 heavy (non-hydrogen) atoms. The third-order valence-electron chi connectivity index (χ3n) is 4.85. The molecule has 0 aliphatic carbocycles. The van der Waals surface area contributed by atoms with Gasteiger partial charge in [0.1, 0.15) is 5.76 Å². The molecular weight excluding hydrogens is 376 g/mol. The van der Waals surface area contributed by atoms with E-state index in [1.807, 2.05) is 24.3 Å². The average molecular weight is 396 g/mol. The van der Waals surface area contributed by atoms with E-state index < -0.39 is 10.0 Å². The number of hydrogen-bond acceptors (Lipinski definition) is 4. The molecule has 0 saturated heterocycles. The van der Waals surface area contributed by atoms with E-state index in [2.05, 4.69) is 5.32 Å². The van der Waals surface area contributed by atoms with Gasteiger partial charge in [0.05, 0.1) is 22.9 Å². The van der Waals surface area contributed by atoms with Gasteiger partial charge in [0, 0.05) is 12.1 Å². The summed E-state index contributed by atoms with van der Waals surface area (Å²) in [7, 11) is -3.74. The number of hydrogen-bond donors (Lipinski definition) is 1. The summed E-state index contributed by atoms with van der Waals surface area (Å²) in [5.41, 5.74) is 1.99. The number of furan rings is 1. The SMILES string of the molecule is C[C@H](NC(=O)c1cccc(S(=O)(=O)N2CCc3ccccc32)c1)c1ccco1. The minimum absolute atomic E-state index is 0.0995. The minimum Gasteiger partial charge on any atom is -0.467 e. The third-order valence-corrected chi connectivity index (χ3v) is 6.66. The highest BCUT2D eigenvalue weighted by molar-refractivity contribution is 7.92. The summed E-state index contributed by atoms with van der Waals surface area (Å²) >= 11 is 0. The Morgan fingerprint density at radius 2 is 1.93 bits per heavy atom. The van der Waals surface area contributed by atoms with Crippen molar-refractivity contribution in [3.63, 3.8) is 0 Å². The lowest BCUT2D eigenvalue weighted by molar-refractivity contribution is 0.0935. The summed E-state index contributed by atoms with van der Waals surface area (Å²) in [6.45, 7) is 2.20. The van der Waals surface area contributed by atoms with Gasteiger partial charge in [-0.2, -0.15) is 0 Å². The summed E-state index contributed by atoms with van der Waals surface area (Å²) in [6, 6.07) is 16.8. The fourth-order valence-electron chi connectivity index (χ4n) is 3.37. The molecule has 2 aromatic carbocycles. The Hall–Kier alpha value is -3.06. The van der Waals surface area contributed by atoms with Crippen molar-refractivity contribution in [1.82, 2.24) is 5.32 Å². The molecule has 0 spiro atoms. The second-order valence-corrected chi connectivity index (χ2v) is 8.56. The highest BCUT2D eigenvalue weighted by Crippen LogP contribution is 2.32. The van der Waals surface area contributed by atoms with E-state index in [0.29, 0.717) is 24.4 Å². The van der Waals surface area contributed by atoms with Crippen LogP contribution in [-0.4, -0.2) is 20.9 Å². The standard InChI is InChI=1S/C21H20N2O4S/c1-15(20-10-5-13-27-20)22-21(24)17-7-4-8-18(14-17)28(25,26)23-12-11-16-6-2-3-9-19(16)23/h2-10,13-15H,11-12H2,1H3,(H,22,24)/t15-/m0/s1. The van der Waals surface area contributed by atoms with Gasteiger partial charge >= 0.3 is 0 Å². The quantitative estimate of drug-likeness (QED) is 0.716. The summed E-state index contributed by atoms with van der Waals surface area (Å²) in [5.74, 6) is 0.272. The molecule has 7 heteroatoms. The molecule has 0 saturated carbocycles. The van der Waals surface area contributed by atoms with Crippen LogP contribution in [-0.2, 0) is 16.4 Å². The molecule has 0 radical (unpaired) electrons. The summed E-state index contributed by atoms with van der Waals surface area (Å²) in [6.07, 6.45) is 2.22. The molecular formula is C21H20N2O4S. The predicted octanol–water partition coefficient (Wildman–Crippen LogP) is 3.52. The van der Waals surface area contributed by atoms with Crippen LogP contribution in [0.25, 0.3) is 0 Å². The van der Waals surface area contributed by atoms with E-state index in [9.17, 15) is 13.2 Å². The van der Waals surface area contributed by atoms with E-state index in [1.54, 1.807) is 37.5 Å². The van der Waals surface area contributed by atoms with Crippen molar-refractivity contribution in [1.29, 1.82) is 0 Å². The second kappa shape index (κ2) is 7.16. The molecule has 2 heterocycles. The first-order chi connectivity index (χ1) is 13.5. The van der Waals surface area contributed by atoms with Gasteiger partial charge in [0.25, 0.3) is 15.9 Å². The number of nitrogens with zero attached hydrogens (tertiary/aromatic N) is 1. The Balaban J connectivity index is 1.59. The summed E-state index contributed by atoms with van der Waals surface area (Å²) in [4.78, 5) is 12.7. The first-order valence-electron chi connectivity index (χ1n) is 9.02. The minimum atomic E-state index is -3.74. The van der Waals surface area contributed by atoms with Crippen LogP contribution in [0.5, 0.6) is 0 Å². The molecule has 0 fully saturated rings. The van der Waals surface area contributed by atoms with Gasteiger partial charge in [-0.25, -0.2) is 8.42 Å². The Labute approximate surface area is 163 Å². The average Bonchev–Trinajstić information content (AvgIpc) is 3.38. The normalized spacial score (nSPS) is 14.5. The number of sulfonamides is 1. The smallest absolute Gasteiger partial charge is 0.264 e.